The first kappa shape index (κ1) is 20.3. The van der Waals surface area contributed by atoms with Crippen molar-refractivity contribution in [3.63, 3.8) is 0 Å². The van der Waals surface area contributed by atoms with E-state index in [1.807, 2.05) is 55.5 Å². The molecule has 0 saturated carbocycles. The highest BCUT2D eigenvalue weighted by Crippen LogP contribution is 2.22. The Kier molecular flexibility index (Phi) is 6.59. The molecule has 7 heteroatoms. The van der Waals surface area contributed by atoms with Crippen LogP contribution in [0, 0.1) is 6.92 Å². The fourth-order valence-electron chi connectivity index (χ4n) is 3.61. The number of hydrogen-bond donors (Lipinski definition) is 2. The third kappa shape index (κ3) is 5.36. The lowest BCUT2D eigenvalue weighted by atomic mass is 10.2. The molecule has 3 heterocycles. The number of thiocarbonyl (C=S) groups is 1. The number of benzene rings is 1. The van der Waals surface area contributed by atoms with Crippen LogP contribution < -0.4 is 15.5 Å². The first-order valence-corrected chi connectivity index (χ1v) is 10.9. The van der Waals surface area contributed by atoms with Crippen LogP contribution in [0.2, 0.25) is 0 Å². The molecule has 1 aromatic carbocycles. The molecule has 2 aromatic heterocycles. The summed E-state index contributed by atoms with van der Waals surface area (Å²) in [6, 6.07) is 16.0. The molecule has 2 N–H and O–H groups in total. The van der Waals surface area contributed by atoms with E-state index < -0.39 is 0 Å². The summed E-state index contributed by atoms with van der Waals surface area (Å²) in [7, 11) is 0. The SMILES string of the molecule is Cc1cc(N2CCCCCC2)nc(NC(=S)NCc2ccc(-c3ccccc3)o2)n1. The van der Waals surface area contributed by atoms with Crippen molar-refractivity contribution >= 4 is 29.1 Å². The van der Waals surface area contributed by atoms with Gasteiger partial charge in [-0.3, -0.25) is 0 Å². The second kappa shape index (κ2) is 9.71. The van der Waals surface area contributed by atoms with Crippen LogP contribution >= 0.6 is 12.2 Å². The molecule has 0 unspecified atom stereocenters. The molecule has 0 amide bonds. The zero-order chi connectivity index (χ0) is 20.8. The average molecular weight is 422 g/mol. The normalized spacial score (nSPS) is 14.2. The van der Waals surface area contributed by atoms with E-state index in [2.05, 4.69) is 20.5 Å². The number of hydrogen-bond acceptors (Lipinski definition) is 5. The van der Waals surface area contributed by atoms with Crippen LogP contribution in [0.1, 0.15) is 37.1 Å². The van der Waals surface area contributed by atoms with Crippen molar-refractivity contribution in [2.45, 2.75) is 39.2 Å². The van der Waals surface area contributed by atoms with E-state index in [-0.39, 0.29) is 0 Å². The maximum atomic E-state index is 5.91. The summed E-state index contributed by atoms with van der Waals surface area (Å²) in [6.45, 7) is 4.56. The fourth-order valence-corrected chi connectivity index (χ4v) is 3.78. The highest BCUT2D eigenvalue weighted by molar-refractivity contribution is 7.80. The Labute approximate surface area is 182 Å². The van der Waals surface area contributed by atoms with Gasteiger partial charge in [0.15, 0.2) is 5.11 Å². The predicted octanol–water partition coefficient (Wildman–Crippen LogP) is 4.91. The van der Waals surface area contributed by atoms with Crippen LogP contribution in [0.3, 0.4) is 0 Å². The molecule has 30 heavy (non-hydrogen) atoms. The van der Waals surface area contributed by atoms with Crippen molar-refractivity contribution in [3.8, 4) is 11.3 Å². The highest BCUT2D eigenvalue weighted by atomic mass is 32.1. The van der Waals surface area contributed by atoms with E-state index >= 15 is 0 Å². The van der Waals surface area contributed by atoms with Gasteiger partial charge in [0.05, 0.1) is 6.54 Å². The van der Waals surface area contributed by atoms with Crippen molar-refractivity contribution in [2.75, 3.05) is 23.3 Å². The van der Waals surface area contributed by atoms with Crippen LogP contribution in [0.5, 0.6) is 0 Å². The number of aryl methyl sites for hydroxylation is 1. The topological polar surface area (TPSA) is 66.2 Å². The molecule has 0 radical (unpaired) electrons. The standard InChI is InChI=1S/C23H27N5OS/c1-17-15-21(28-13-7-2-3-8-14-28)26-22(25-17)27-23(30)24-16-19-11-12-20(29-19)18-9-5-4-6-10-18/h4-6,9-12,15H,2-3,7-8,13-14,16H2,1H3,(H2,24,25,26,27,30). The van der Waals surface area contributed by atoms with Crippen LogP contribution in [0.4, 0.5) is 11.8 Å². The lowest BCUT2D eigenvalue weighted by Crippen LogP contribution is -2.30. The number of rotatable bonds is 5. The first-order chi connectivity index (χ1) is 14.7. The molecule has 4 rings (SSSR count). The molecule has 0 aliphatic carbocycles. The Hall–Kier alpha value is -2.93. The number of anilines is 2. The molecule has 1 aliphatic heterocycles. The smallest absolute Gasteiger partial charge is 0.231 e. The lowest BCUT2D eigenvalue weighted by Gasteiger charge is -2.22. The van der Waals surface area contributed by atoms with E-state index in [0.717, 1.165) is 41.7 Å². The lowest BCUT2D eigenvalue weighted by molar-refractivity contribution is 0.516. The van der Waals surface area contributed by atoms with Crippen molar-refractivity contribution in [1.29, 1.82) is 0 Å². The summed E-state index contributed by atoms with van der Waals surface area (Å²) in [4.78, 5) is 11.5. The molecule has 1 fully saturated rings. The van der Waals surface area contributed by atoms with Gasteiger partial charge in [-0.2, -0.15) is 4.98 Å². The van der Waals surface area contributed by atoms with Gasteiger partial charge in [0, 0.05) is 30.4 Å². The van der Waals surface area contributed by atoms with Gasteiger partial charge in [0.25, 0.3) is 0 Å². The van der Waals surface area contributed by atoms with Gasteiger partial charge in [-0.1, -0.05) is 43.2 Å². The van der Waals surface area contributed by atoms with Gasteiger partial charge in [-0.15, -0.1) is 0 Å². The quantitative estimate of drug-likeness (QED) is 0.567. The molecule has 0 bridgehead atoms. The Bertz CT molecular complexity index is 980. The highest BCUT2D eigenvalue weighted by Gasteiger charge is 2.13. The minimum atomic E-state index is 0.472. The largest absolute Gasteiger partial charge is 0.459 e. The third-order valence-electron chi connectivity index (χ3n) is 5.14. The van der Waals surface area contributed by atoms with Crippen molar-refractivity contribution in [1.82, 2.24) is 15.3 Å². The molecule has 6 nitrogen and oxygen atoms in total. The van der Waals surface area contributed by atoms with Crippen LogP contribution in [0.15, 0.2) is 52.9 Å². The summed E-state index contributed by atoms with van der Waals surface area (Å²) in [5.74, 6) is 3.15. The van der Waals surface area contributed by atoms with Gasteiger partial charge < -0.3 is 20.0 Å². The summed E-state index contributed by atoms with van der Waals surface area (Å²) in [5.41, 5.74) is 1.98. The summed E-state index contributed by atoms with van der Waals surface area (Å²) < 4.78 is 5.91. The third-order valence-corrected chi connectivity index (χ3v) is 5.39. The molecule has 0 spiro atoms. The zero-order valence-electron chi connectivity index (χ0n) is 17.2. The number of nitrogens with one attached hydrogen (secondary N) is 2. The summed E-state index contributed by atoms with van der Waals surface area (Å²) in [6.07, 6.45) is 5.00. The predicted molar refractivity (Wildman–Crippen MR) is 125 cm³/mol. The molecule has 156 valence electrons. The molecular formula is C23H27N5OS. The van der Waals surface area contributed by atoms with E-state index in [9.17, 15) is 0 Å². The molecule has 1 saturated heterocycles. The molecular weight excluding hydrogens is 394 g/mol. The van der Waals surface area contributed by atoms with Crippen molar-refractivity contribution in [3.05, 3.63) is 60.0 Å². The van der Waals surface area contributed by atoms with E-state index in [0.29, 0.717) is 17.6 Å². The van der Waals surface area contributed by atoms with E-state index in [1.54, 1.807) is 0 Å². The Balaban J connectivity index is 1.35. The summed E-state index contributed by atoms with van der Waals surface area (Å²) >= 11 is 5.44. The van der Waals surface area contributed by atoms with Gasteiger partial charge in [-0.25, -0.2) is 4.98 Å². The Morgan fingerprint density at radius 2 is 1.80 bits per heavy atom. The second-order valence-electron chi connectivity index (χ2n) is 7.53. The van der Waals surface area contributed by atoms with Gasteiger partial charge in [0.2, 0.25) is 5.95 Å². The maximum absolute atomic E-state index is 5.91. The monoisotopic (exact) mass is 421 g/mol. The van der Waals surface area contributed by atoms with Gasteiger partial charge in [0.1, 0.15) is 17.3 Å². The zero-order valence-corrected chi connectivity index (χ0v) is 18.0. The Morgan fingerprint density at radius 3 is 2.57 bits per heavy atom. The minimum absolute atomic E-state index is 0.472. The van der Waals surface area contributed by atoms with E-state index in [1.165, 1.54) is 25.7 Å². The minimum Gasteiger partial charge on any atom is -0.459 e. The van der Waals surface area contributed by atoms with Gasteiger partial charge >= 0.3 is 0 Å². The van der Waals surface area contributed by atoms with Gasteiger partial charge in [-0.05, 0) is 44.1 Å². The van der Waals surface area contributed by atoms with Crippen LogP contribution in [-0.2, 0) is 6.54 Å². The number of aromatic nitrogens is 2. The second-order valence-corrected chi connectivity index (χ2v) is 7.94. The average Bonchev–Trinajstić information content (AvgIpc) is 3.06. The number of nitrogens with zero attached hydrogens (tertiary/aromatic N) is 3. The number of furan rings is 1. The van der Waals surface area contributed by atoms with E-state index in [4.69, 9.17) is 21.6 Å². The van der Waals surface area contributed by atoms with Crippen LogP contribution in [-0.4, -0.2) is 28.2 Å². The Morgan fingerprint density at radius 1 is 1.03 bits per heavy atom. The molecule has 3 aromatic rings. The maximum Gasteiger partial charge on any atom is 0.231 e. The molecule has 1 aliphatic rings. The van der Waals surface area contributed by atoms with Crippen molar-refractivity contribution in [2.24, 2.45) is 0 Å². The molecule has 0 atom stereocenters. The van der Waals surface area contributed by atoms with Crippen molar-refractivity contribution < 1.29 is 4.42 Å². The van der Waals surface area contributed by atoms with Crippen LogP contribution in [0.25, 0.3) is 11.3 Å². The first-order valence-electron chi connectivity index (χ1n) is 10.5. The summed E-state index contributed by atoms with van der Waals surface area (Å²) in [5, 5.41) is 6.76. The fraction of sp³-hybridized carbons (Fsp3) is 0.348.